The first-order chi connectivity index (χ1) is 10.2. The van der Waals surface area contributed by atoms with Crippen LogP contribution in [-0.4, -0.2) is 44.2 Å². The first kappa shape index (κ1) is 15.3. The number of benzene rings is 1. The minimum Gasteiger partial charge on any atom is -0.370 e. The number of fused-ring (bicyclic) bond motifs is 1. The van der Waals surface area contributed by atoms with Gasteiger partial charge in [0.2, 0.25) is 0 Å². The van der Waals surface area contributed by atoms with Crippen molar-refractivity contribution in [3.63, 3.8) is 0 Å². The zero-order valence-corrected chi connectivity index (χ0v) is 14.7. The lowest BCUT2D eigenvalue weighted by molar-refractivity contribution is 0.273. The zero-order valence-electron chi connectivity index (χ0n) is 13.1. The van der Waals surface area contributed by atoms with Crippen molar-refractivity contribution >= 4 is 21.6 Å². The van der Waals surface area contributed by atoms with Gasteiger partial charge < -0.3 is 10.2 Å². The Morgan fingerprint density at radius 2 is 2.05 bits per heavy atom. The standard InChI is InChI=1S/C17H26BrN3/c1-13(19-2)16-7-6-14(18)11-17(16)21-10-4-9-20-8-3-5-15(20)12-21/h6-7,11,13,15,19H,3-5,8-10,12H2,1-2H3. The molecular formula is C17H26BrN3. The predicted molar refractivity (Wildman–Crippen MR) is 93.0 cm³/mol. The summed E-state index contributed by atoms with van der Waals surface area (Å²) in [6.45, 7) is 7.17. The Labute approximate surface area is 136 Å². The molecule has 0 amide bonds. The van der Waals surface area contributed by atoms with Gasteiger partial charge in [-0.1, -0.05) is 22.0 Å². The van der Waals surface area contributed by atoms with Crippen LogP contribution in [-0.2, 0) is 0 Å². The van der Waals surface area contributed by atoms with Crippen molar-refractivity contribution in [2.24, 2.45) is 0 Å². The third kappa shape index (κ3) is 3.27. The average molecular weight is 352 g/mol. The summed E-state index contributed by atoms with van der Waals surface area (Å²) in [6.07, 6.45) is 4.01. The lowest BCUT2D eigenvalue weighted by Gasteiger charge is -2.30. The van der Waals surface area contributed by atoms with E-state index in [1.165, 1.54) is 61.2 Å². The van der Waals surface area contributed by atoms with Gasteiger partial charge in [-0.2, -0.15) is 0 Å². The van der Waals surface area contributed by atoms with Gasteiger partial charge in [-0.05, 0) is 57.5 Å². The SMILES string of the molecule is CNC(C)c1ccc(Br)cc1N1CCCN2CCCC2C1. The van der Waals surface area contributed by atoms with Gasteiger partial charge in [0, 0.05) is 41.9 Å². The molecule has 0 radical (unpaired) electrons. The van der Waals surface area contributed by atoms with Crippen LogP contribution in [0.3, 0.4) is 0 Å². The van der Waals surface area contributed by atoms with E-state index in [0.717, 1.165) is 6.04 Å². The van der Waals surface area contributed by atoms with E-state index in [1.54, 1.807) is 0 Å². The Bertz CT molecular complexity index is 491. The molecule has 0 aliphatic carbocycles. The monoisotopic (exact) mass is 351 g/mol. The van der Waals surface area contributed by atoms with E-state index in [2.05, 4.69) is 56.2 Å². The number of nitrogens with one attached hydrogen (secondary N) is 1. The summed E-state index contributed by atoms with van der Waals surface area (Å²) >= 11 is 3.65. The largest absolute Gasteiger partial charge is 0.370 e. The van der Waals surface area contributed by atoms with E-state index in [1.807, 2.05) is 7.05 Å². The number of nitrogens with zero attached hydrogens (tertiary/aromatic N) is 2. The molecule has 0 spiro atoms. The van der Waals surface area contributed by atoms with Crippen LogP contribution in [0.1, 0.15) is 37.8 Å². The first-order valence-electron chi connectivity index (χ1n) is 8.14. The fourth-order valence-corrected chi connectivity index (χ4v) is 4.09. The van der Waals surface area contributed by atoms with Crippen molar-refractivity contribution in [3.8, 4) is 0 Å². The summed E-state index contributed by atoms with van der Waals surface area (Å²) in [6, 6.07) is 7.86. The molecule has 3 nitrogen and oxygen atoms in total. The highest BCUT2D eigenvalue weighted by molar-refractivity contribution is 9.10. The molecule has 2 saturated heterocycles. The summed E-state index contributed by atoms with van der Waals surface area (Å²) in [5.41, 5.74) is 2.81. The van der Waals surface area contributed by atoms with Gasteiger partial charge in [0.15, 0.2) is 0 Å². The molecule has 2 aliphatic heterocycles. The Kier molecular flexibility index (Phi) is 4.87. The molecule has 21 heavy (non-hydrogen) atoms. The minimum absolute atomic E-state index is 0.385. The summed E-state index contributed by atoms with van der Waals surface area (Å²) in [7, 11) is 2.04. The van der Waals surface area contributed by atoms with Gasteiger partial charge >= 0.3 is 0 Å². The quantitative estimate of drug-likeness (QED) is 0.900. The number of halogens is 1. The maximum atomic E-state index is 3.65. The first-order valence-corrected chi connectivity index (χ1v) is 8.94. The van der Waals surface area contributed by atoms with Crippen LogP contribution in [0.4, 0.5) is 5.69 Å². The molecule has 0 aromatic heterocycles. The summed E-state index contributed by atoms with van der Waals surface area (Å²) in [5.74, 6) is 0. The molecule has 0 saturated carbocycles. The van der Waals surface area contributed by atoms with Crippen molar-refractivity contribution in [2.45, 2.75) is 38.3 Å². The molecule has 2 unspecified atom stereocenters. The van der Waals surface area contributed by atoms with Crippen molar-refractivity contribution in [3.05, 3.63) is 28.2 Å². The topological polar surface area (TPSA) is 18.5 Å². The summed E-state index contributed by atoms with van der Waals surface area (Å²) in [4.78, 5) is 5.31. The Balaban J connectivity index is 1.89. The molecule has 0 bridgehead atoms. The number of hydrogen-bond donors (Lipinski definition) is 1. The lowest BCUT2D eigenvalue weighted by atomic mass is 10.0. The van der Waals surface area contributed by atoms with Crippen LogP contribution in [0.5, 0.6) is 0 Å². The molecule has 2 aliphatic rings. The van der Waals surface area contributed by atoms with Crippen LogP contribution >= 0.6 is 15.9 Å². The second-order valence-electron chi connectivity index (χ2n) is 6.35. The van der Waals surface area contributed by atoms with Crippen molar-refractivity contribution in [2.75, 3.05) is 38.1 Å². The van der Waals surface area contributed by atoms with Gasteiger partial charge in [0.05, 0.1) is 0 Å². The smallest absolute Gasteiger partial charge is 0.0426 e. The van der Waals surface area contributed by atoms with Crippen molar-refractivity contribution in [1.82, 2.24) is 10.2 Å². The van der Waals surface area contributed by atoms with Gasteiger partial charge in [0.25, 0.3) is 0 Å². The van der Waals surface area contributed by atoms with Gasteiger partial charge in [-0.25, -0.2) is 0 Å². The molecule has 1 aromatic carbocycles. The van der Waals surface area contributed by atoms with Crippen LogP contribution in [0.25, 0.3) is 0 Å². The lowest BCUT2D eigenvalue weighted by Crippen LogP contribution is -2.37. The highest BCUT2D eigenvalue weighted by atomic mass is 79.9. The second kappa shape index (κ2) is 6.67. The Morgan fingerprint density at radius 1 is 1.24 bits per heavy atom. The molecule has 1 N–H and O–H groups in total. The average Bonchev–Trinajstić information content (AvgIpc) is 2.83. The van der Waals surface area contributed by atoms with E-state index >= 15 is 0 Å². The van der Waals surface area contributed by atoms with E-state index < -0.39 is 0 Å². The maximum Gasteiger partial charge on any atom is 0.0426 e. The third-order valence-corrected chi connectivity index (χ3v) is 5.53. The highest BCUT2D eigenvalue weighted by Gasteiger charge is 2.29. The Hall–Kier alpha value is -0.580. The number of anilines is 1. The molecule has 3 rings (SSSR count). The van der Waals surface area contributed by atoms with E-state index in [-0.39, 0.29) is 0 Å². The van der Waals surface area contributed by atoms with Crippen molar-refractivity contribution in [1.29, 1.82) is 0 Å². The maximum absolute atomic E-state index is 3.65. The van der Waals surface area contributed by atoms with Crippen LogP contribution < -0.4 is 10.2 Å². The molecule has 2 atom stereocenters. The van der Waals surface area contributed by atoms with Gasteiger partial charge in [-0.15, -0.1) is 0 Å². The molecule has 116 valence electrons. The van der Waals surface area contributed by atoms with Crippen molar-refractivity contribution < 1.29 is 0 Å². The minimum atomic E-state index is 0.385. The fourth-order valence-electron chi connectivity index (χ4n) is 3.74. The number of rotatable bonds is 3. The highest BCUT2D eigenvalue weighted by Crippen LogP contribution is 2.32. The van der Waals surface area contributed by atoms with E-state index in [9.17, 15) is 0 Å². The summed E-state index contributed by atoms with van der Waals surface area (Å²) < 4.78 is 1.18. The van der Waals surface area contributed by atoms with Crippen LogP contribution in [0.15, 0.2) is 22.7 Å². The van der Waals surface area contributed by atoms with Gasteiger partial charge in [0.1, 0.15) is 0 Å². The van der Waals surface area contributed by atoms with Gasteiger partial charge in [-0.3, -0.25) is 4.90 Å². The fraction of sp³-hybridized carbons (Fsp3) is 0.647. The van der Waals surface area contributed by atoms with Crippen LogP contribution in [0, 0.1) is 0 Å². The molecular weight excluding hydrogens is 326 g/mol. The summed E-state index contributed by atoms with van der Waals surface area (Å²) in [5, 5.41) is 3.39. The number of hydrogen-bond acceptors (Lipinski definition) is 3. The Morgan fingerprint density at radius 3 is 2.86 bits per heavy atom. The molecule has 2 heterocycles. The molecule has 4 heteroatoms. The molecule has 1 aromatic rings. The van der Waals surface area contributed by atoms with Crippen LogP contribution in [0.2, 0.25) is 0 Å². The molecule has 2 fully saturated rings. The van der Waals surface area contributed by atoms with E-state index in [0.29, 0.717) is 6.04 Å². The zero-order chi connectivity index (χ0) is 14.8. The normalized spacial score (nSPS) is 24.7. The van der Waals surface area contributed by atoms with E-state index in [4.69, 9.17) is 0 Å². The second-order valence-corrected chi connectivity index (χ2v) is 7.26. The third-order valence-electron chi connectivity index (χ3n) is 5.04. The predicted octanol–water partition coefficient (Wildman–Crippen LogP) is 3.40.